The molecule has 0 amide bonds. The topological polar surface area (TPSA) is 132 Å². The average molecular weight is 501 g/mol. The second-order valence-electron chi connectivity index (χ2n) is 10.3. The molecule has 4 heterocycles. The number of aromatic amines is 1. The Morgan fingerprint density at radius 1 is 1.16 bits per heavy atom. The van der Waals surface area contributed by atoms with Gasteiger partial charge in [0, 0.05) is 37.4 Å². The van der Waals surface area contributed by atoms with Crippen molar-refractivity contribution in [1.82, 2.24) is 20.2 Å². The van der Waals surface area contributed by atoms with Gasteiger partial charge >= 0.3 is 5.97 Å². The highest BCUT2D eigenvalue weighted by molar-refractivity contribution is 5.90. The van der Waals surface area contributed by atoms with Crippen LogP contribution in [0.5, 0.6) is 0 Å². The van der Waals surface area contributed by atoms with E-state index in [1.807, 2.05) is 29.2 Å². The standard InChI is InChI=1S/C26H28N8O3/c1-27-17-3-2-10-34(15-17)25-30-20-14-28-32-23(35)21(20)22(31-25)29-16-4-6-18(7-5-16)33-11-8-26(9-12-33)13-19(26)24(36)37/h4-7,14,17,19H,2-3,8-13,15H2,(H,32,35)(H,36,37)(H,29,30,31). The van der Waals surface area contributed by atoms with Crippen molar-refractivity contribution in [2.24, 2.45) is 11.3 Å². The summed E-state index contributed by atoms with van der Waals surface area (Å²) < 4.78 is 0. The Morgan fingerprint density at radius 2 is 1.95 bits per heavy atom. The van der Waals surface area contributed by atoms with Crippen LogP contribution in [0.15, 0.2) is 35.3 Å². The third-order valence-corrected chi connectivity index (χ3v) is 8.11. The molecule has 2 saturated heterocycles. The Kier molecular flexibility index (Phi) is 5.67. The van der Waals surface area contributed by atoms with Crippen LogP contribution in [0.2, 0.25) is 0 Å². The molecule has 6 rings (SSSR count). The number of rotatable bonds is 5. The first-order valence-corrected chi connectivity index (χ1v) is 12.7. The highest BCUT2D eigenvalue weighted by atomic mass is 16.4. The van der Waals surface area contributed by atoms with Gasteiger partial charge in [0.15, 0.2) is 0 Å². The molecule has 0 radical (unpaired) electrons. The normalized spacial score (nSPS) is 22.6. The molecule has 2 aromatic heterocycles. The summed E-state index contributed by atoms with van der Waals surface area (Å²) in [6, 6.07) is 7.88. The summed E-state index contributed by atoms with van der Waals surface area (Å²) in [7, 11) is 0. The van der Waals surface area contributed by atoms with Crippen LogP contribution in [0.4, 0.5) is 23.1 Å². The van der Waals surface area contributed by atoms with Crippen LogP contribution in [0, 0.1) is 17.9 Å². The first-order valence-electron chi connectivity index (χ1n) is 12.7. The van der Waals surface area contributed by atoms with Crippen molar-refractivity contribution in [3.05, 3.63) is 52.2 Å². The van der Waals surface area contributed by atoms with Crippen LogP contribution in [0.1, 0.15) is 32.1 Å². The number of carbonyl (C=O) groups is 1. The van der Waals surface area contributed by atoms with Gasteiger partial charge in [0.2, 0.25) is 12.0 Å². The van der Waals surface area contributed by atoms with Gasteiger partial charge in [-0.15, -0.1) is 0 Å². The zero-order valence-electron chi connectivity index (χ0n) is 20.4. The van der Waals surface area contributed by atoms with Crippen molar-refractivity contribution in [1.29, 1.82) is 0 Å². The number of aromatic nitrogens is 4. The van der Waals surface area contributed by atoms with Crippen molar-refractivity contribution < 1.29 is 9.90 Å². The summed E-state index contributed by atoms with van der Waals surface area (Å²) >= 11 is 0. The number of nitrogens with zero attached hydrogens (tertiary/aromatic N) is 6. The van der Waals surface area contributed by atoms with Crippen LogP contribution in [-0.4, -0.2) is 63.5 Å². The number of benzene rings is 1. The quantitative estimate of drug-likeness (QED) is 0.452. The van der Waals surface area contributed by atoms with E-state index in [1.165, 1.54) is 6.20 Å². The monoisotopic (exact) mass is 500 g/mol. The second kappa shape index (κ2) is 9.03. The van der Waals surface area contributed by atoms with Crippen molar-refractivity contribution in [3.8, 4) is 0 Å². The van der Waals surface area contributed by atoms with Gasteiger partial charge in [-0.05, 0) is 55.4 Å². The summed E-state index contributed by atoms with van der Waals surface area (Å²) in [5, 5.41) is 19.3. The molecule has 3 aliphatic rings. The van der Waals surface area contributed by atoms with Gasteiger partial charge in [-0.2, -0.15) is 10.1 Å². The van der Waals surface area contributed by atoms with E-state index in [2.05, 4.69) is 30.2 Å². The molecular formula is C26H28N8O3. The van der Waals surface area contributed by atoms with Gasteiger partial charge < -0.3 is 25.1 Å². The molecule has 190 valence electrons. The van der Waals surface area contributed by atoms with Gasteiger partial charge in [0.05, 0.1) is 18.7 Å². The molecule has 1 aromatic carbocycles. The van der Waals surface area contributed by atoms with Gasteiger partial charge in [-0.3, -0.25) is 9.59 Å². The lowest BCUT2D eigenvalue weighted by Gasteiger charge is -2.34. The summed E-state index contributed by atoms with van der Waals surface area (Å²) in [4.78, 5) is 41.3. The maximum atomic E-state index is 12.6. The summed E-state index contributed by atoms with van der Waals surface area (Å²) in [5.74, 6) is 0.0405. The number of piperidine rings is 2. The lowest BCUT2D eigenvalue weighted by atomic mass is 9.90. The number of carboxylic acids is 1. The average Bonchev–Trinajstić information content (AvgIpc) is 3.63. The van der Waals surface area contributed by atoms with E-state index >= 15 is 0 Å². The molecule has 3 aromatic rings. The minimum Gasteiger partial charge on any atom is -0.481 e. The molecule has 0 bridgehead atoms. The number of hydrogen-bond acceptors (Lipinski definition) is 8. The van der Waals surface area contributed by atoms with E-state index in [9.17, 15) is 14.7 Å². The molecule has 3 N–H and O–H groups in total. The number of H-pyrrole nitrogens is 1. The Hall–Kier alpha value is -4.20. The van der Waals surface area contributed by atoms with Gasteiger partial charge in [0.1, 0.15) is 16.7 Å². The van der Waals surface area contributed by atoms with Crippen molar-refractivity contribution in [2.45, 2.75) is 38.1 Å². The lowest BCUT2D eigenvalue weighted by molar-refractivity contribution is -0.139. The van der Waals surface area contributed by atoms with E-state index < -0.39 is 5.97 Å². The molecule has 1 aliphatic carbocycles. The van der Waals surface area contributed by atoms with Crippen molar-refractivity contribution >= 4 is 40.0 Å². The van der Waals surface area contributed by atoms with Crippen LogP contribution in [0.3, 0.4) is 0 Å². The first kappa shape index (κ1) is 23.2. The molecule has 1 saturated carbocycles. The van der Waals surface area contributed by atoms with E-state index in [4.69, 9.17) is 11.6 Å². The zero-order chi connectivity index (χ0) is 25.6. The number of nitrogens with one attached hydrogen (secondary N) is 2. The van der Waals surface area contributed by atoms with E-state index in [-0.39, 0.29) is 22.9 Å². The van der Waals surface area contributed by atoms with Crippen LogP contribution >= 0.6 is 0 Å². The van der Waals surface area contributed by atoms with Crippen LogP contribution in [-0.2, 0) is 4.79 Å². The molecule has 2 atom stereocenters. The van der Waals surface area contributed by atoms with E-state index in [0.717, 1.165) is 63.1 Å². The molecule has 1 spiro atoms. The number of fused-ring (bicyclic) bond motifs is 1. The van der Waals surface area contributed by atoms with E-state index in [1.54, 1.807) is 0 Å². The lowest BCUT2D eigenvalue weighted by Crippen LogP contribution is -2.38. The largest absolute Gasteiger partial charge is 0.481 e. The van der Waals surface area contributed by atoms with Crippen molar-refractivity contribution in [3.63, 3.8) is 0 Å². The summed E-state index contributed by atoms with van der Waals surface area (Å²) in [6.45, 7) is 10.4. The Labute approximate surface area is 213 Å². The number of aliphatic carboxylic acids is 1. The molecule has 2 aliphatic heterocycles. The van der Waals surface area contributed by atoms with Gasteiger partial charge in [0.25, 0.3) is 5.56 Å². The first-order chi connectivity index (χ1) is 18.0. The Morgan fingerprint density at radius 3 is 2.65 bits per heavy atom. The molecule has 37 heavy (non-hydrogen) atoms. The van der Waals surface area contributed by atoms with Crippen molar-refractivity contribution in [2.75, 3.05) is 41.3 Å². The second-order valence-corrected chi connectivity index (χ2v) is 10.3. The Bertz CT molecular complexity index is 1440. The molecule has 3 fully saturated rings. The fraction of sp³-hybridized carbons (Fsp3) is 0.462. The highest BCUT2D eigenvalue weighted by Crippen LogP contribution is 2.59. The number of anilines is 4. The number of hydrogen-bond donors (Lipinski definition) is 3. The van der Waals surface area contributed by atoms with E-state index in [0.29, 0.717) is 29.2 Å². The molecule has 2 unspecified atom stereocenters. The minimum absolute atomic E-state index is 0.000648. The van der Waals surface area contributed by atoms with Gasteiger partial charge in [-0.25, -0.2) is 16.7 Å². The highest BCUT2D eigenvalue weighted by Gasteiger charge is 2.58. The fourth-order valence-electron chi connectivity index (χ4n) is 5.82. The smallest absolute Gasteiger partial charge is 0.307 e. The predicted molar refractivity (Wildman–Crippen MR) is 139 cm³/mol. The minimum atomic E-state index is -0.662. The SMILES string of the molecule is [C-]#[N+]C1CCCN(c2nc(Nc3ccc(N4CCC5(CC4)CC5C(=O)O)cc3)c3c(=O)[nH]ncc3n2)C1. The maximum absolute atomic E-state index is 12.6. The van der Waals surface area contributed by atoms with Crippen LogP contribution < -0.4 is 20.7 Å². The van der Waals surface area contributed by atoms with Gasteiger partial charge in [-0.1, -0.05) is 0 Å². The third kappa shape index (κ3) is 4.33. The molecule has 11 nitrogen and oxygen atoms in total. The third-order valence-electron chi connectivity index (χ3n) is 8.11. The fourth-order valence-corrected chi connectivity index (χ4v) is 5.82. The molecular weight excluding hydrogens is 472 g/mol. The molecule has 11 heteroatoms. The number of carboxylic acid groups (broad SMARTS) is 1. The Balaban J connectivity index is 1.22. The van der Waals surface area contributed by atoms with Crippen LogP contribution in [0.25, 0.3) is 15.7 Å². The summed E-state index contributed by atoms with van der Waals surface area (Å²) in [5.41, 5.74) is 1.94. The summed E-state index contributed by atoms with van der Waals surface area (Å²) in [6.07, 6.45) is 5.89. The maximum Gasteiger partial charge on any atom is 0.307 e. The predicted octanol–water partition coefficient (Wildman–Crippen LogP) is 3.04. The zero-order valence-corrected chi connectivity index (χ0v) is 20.4.